The molecule has 0 saturated heterocycles. The lowest BCUT2D eigenvalue weighted by Crippen LogP contribution is -2.34. The van der Waals surface area contributed by atoms with Crippen LogP contribution >= 0.6 is 0 Å². The summed E-state index contributed by atoms with van der Waals surface area (Å²) in [6.45, 7) is 4.02. The summed E-state index contributed by atoms with van der Waals surface area (Å²) < 4.78 is 33.1. The van der Waals surface area contributed by atoms with Crippen LogP contribution < -0.4 is 4.90 Å². The van der Waals surface area contributed by atoms with Crippen molar-refractivity contribution < 1.29 is 23.1 Å². The number of nitrogens with zero attached hydrogens (tertiary/aromatic N) is 2. The highest BCUT2D eigenvalue weighted by atomic mass is 19.1. The normalized spacial score (nSPS) is 10.9. The van der Waals surface area contributed by atoms with E-state index in [1.165, 1.54) is 24.1 Å². The van der Waals surface area contributed by atoms with Crippen molar-refractivity contribution in [2.75, 3.05) is 25.2 Å². The summed E-state index contributed by atoms with van der Waals surface area (Å²) >= 11 is 0. The van der Waals surface area contributed by atoms with Crippen molar-refractivity contribution in [3.8, 4) is 11.1 Å². The van der Waals surface area contributed by atoms with Gasteiger partial charge in [-0.15, -0.1) is 0 Å². The molecular formula is C27H28F2N2O3. The van der Waals surface area contributed by atoms with Crippen LogP contribution in [0, 0.1) is 18.7 Å². The minimum atomic E-state index is -0.535. The molecule has 34 heavy (non-hydrogen) atoms. The second-order valence-electron chi connectivity index (χ2n) is 7.94. The third kappa shape index (κ3) is 6.11. The molecule has 1 heterocycles. The molecule has 1 amide bonds. The molecule has 2 aromatic carbocycles. The van der Waals surface area contributed by atoms with E-state index in [0.29, 0.717) is 29.8 Å². The monoisotopic (exact) mass is 466 g/mol. The Morgan fingerprint density at radius 3 is 2.32 bits per heavy atom. The number of carbonyl (C=O) groups excluding carboxylic acids is 2. The van der Waals surface area contributed by atoms with E-state index in [9.17, 15) is 18.4 Å². The number of aromatic nitrogens is 1. The lowest BCUT2D eigenvalue weighted by molar-refractivity contribution is -0.118. The van der Waals surface area contributed by atoms with Crippen LogP contribution in [0.3, 0.4) is 0 Å². The third-order valence-corrected chi connectivity index (χ3v) is 5.68. The molecule has 0 unspecified atom stereocenters. The number of benzene rings is 2. The van der Waals surface area contributed by atoms with Crippen molar-refractivity contribution in [1.82, 2.24) is 4.98 Å². The summed E-state index contributed by atoms with van der Waals surface area (Å²) in [7, 11) is 1.53. The zero-order valence-corrected chi connectivity index (χ0v) is 19.6. The number of amides is 1. The van der Waals surface area contributed by atoms with Crippen LogP contribution in [0.15, 0.2) is 54.6 Å². The Labute approximate surface area is 198 Å². The number of hydrogen-bond donors (Lipinski definition) is 0. The number of aryl methyl sites for hydroxylation is 2. The fourth-order valence-corrected chi connectivity index (χ4v) is 3.72. The summed E-state index contributed by atoms with van der Waals surface area (Å²) in [5.41, 5.74) is 3.57. The Hall–Kier alpha value is -3.45. The summed E-state index contributed by atoms with van der Waals surface area (Å²) in [5, 5.41) is 0. The minimum Gasteiger partial charge on any atom is -0.383 e. The van der Waals surface area contributed by atoms with E-state index in [1.807, 2.05) is 0 Å². The summed E-state index contributed by atoms with van der Waals surface area (Å²) in [4.78, 5) is 30.0. The molecule has 0 bridgehead atoms. The number of halogens is 2. The molecule has 3 aromatic rings. The van der Waals surface area contributed by atoms with Gasteiger partial charge >= 0.3 is 0 Å². The largest absolute Gasteiger partial charge is 0.383 e. The molecule has 0 atom stereocenters. The standard InChI is InChI=1S/C27H28F2N2O3/c1-4-27(33)31(15-16-34-3)24-12-9-22(17-23(24)28)20-5-7-21(8-6-20)25(32)13-10-19-11-14-26(29)30-18(19)2/h5-9,11-12,14,17H,4,10,13,15-16H2,1-3H3. The topological polar surface area (TPSA) is 59.5 Å². The molecule has 0 fully saturated rings. The summed E-state index contributed by atoms with van der Waals surface area (Å²) in [5.74, 6) is -1.26. The number of carbonyl (C=O) groups is 2. The van der Waals surface area contributed by atoms with Crippen LogP contribution in [0.5, 0.6) is 0 Å². The molecule has 0 aliphatic heterocycles. The lowest BCUT2D eigenvalue weighted by Gasteiger charge is -2.23. The molecule has 1 aromatic heterocycles. The predicted molar refractivity (Wildman–Crippen MR) is 128 cm³/mol. The quantitative estimate of drug-likeness (QED) is 0.291. The molecule has 0 N–H and O–H groups in total. The van der Waals surface area contributed by atoms with Crippen molar-refractivity contribution >= 4 is 17.4 Å². The second kappa shape index (κ2) is 11.6. The Balaban J connectivity index is 1.71. The summed E-state index contributed by atoms with van der Waals surface area (Å²) in [6, 6.07) is 14.6. The van der Waals surface area contributed by atoms with Crippen molar-refractivity contribution in [3.05, 3.63) is 83.2 Å². The first-order chi connectivity index (χ1) is 16.3. The Kier molecular flexibility index (Phi) is 8.60. The van der Waals surface area contributed by atoms with Gasteiger partial charge in [0.05, 0.1) is 12.3 Å². The van der Waals surface area contributed by atoms with Gasteiger partial charge in [0.1, 0.15) is 5.82 Å². The van der Waals surface area contributed by atoms with Crippen molar-refractivity contribution in [2.24, 2.45) is 0 Å². The van der Waals surface area contributed by atoms with Crippen LogP contribution in [0.2, 0.25) is 0 Å². The smallest absolute Gasteiger partial charge is 0.226 e. The van der Waals surface area contributed by atoms with E-state index in [1.54, 1.807) is 56.3 Å². The SMILES string of the molecule is CCC(=O)N(CCOC)c1ccc(-c2ccc(C(=O)CCc3ccc(F)nc3C)cc2)cc1F. The highest BCUT2D eigenvalue weighted by Gasteiger charge is 2.18. The number of anilines is 1. The van der Waals surface area contributed by atoms with E-state index >= 15 is 0 Å². The first-order valence-electron chi connectivity index (χ1n) is 11.2. The number of rotatable bonds is 10. The van der Waals surface area contributed by atoms with E-state index in [0.717, 1.165) is 11.1 Å². The molecule has 178 valence electrons. The fraction of sp³-hybridized carbons (Fsp3) is 0.296. The van der Waals surface area contributed by atoms with Crippen molar-refractivity contribution in [2.45, 2.75) is 33.1 Å². The van der Waals surface area contributed by atoms with E-state index in [2.05, 4.69) is 4.98 Å². The van der Waals surface area contributed by atoms with Gasteiger partial charge in [0.2, 0.25) is 11.9 Å². The number of Topliss-reactive ketones (excluding diaryl/α,β-unsaturated/α-hetero) is 1. The van der Waals surface area contributed by atoms with Gasteiger partial charge in [0, 0.05) is 37.8 Å². The number of methoxy groups -OCH3 is 1. The van der Waals surface area contributed by atoms with Gasteiger partial charge in [-0.2, -0.15) is 4.39 Å². The number of ketones is 1. The third-order valence-electron chi connectivity index (χ3n) is 5.68. The molecule has 5 nitrogen and oxygen atoms in total. The zero-order valence-electron chi connectivity index (χ0n) is 19.6. The van der Waals surface area contributed by atoms with Crippen LogP contribution in [-0.4, -0.2) is 36.9 Å². The number of ether oxygens (including phenoxy) is 1. The molecule has 0 saturated carbocycles. The molecular weight excluding hydrogens is 438 g/mol. The Morgan fingerprint density at radius 2 is 1.71 bits per heavy atom. The lowest BCUT2D eigenvalue weighted by atomic mass is 9.99. The zero-order chi connectivity index (χ0) is 24.7. The molecule has 0 radical (unpaired) electrons. The second-order valence-corrected chi connectivity index (χ2v) is 7.94. The fourth-order valence-electron chi connectivity index (χ4n) is 3.72. The maximum atomic E-state index is 14.9. The van der Waals surface area contributed by atoms with Gasteiger partial charge in [0.15, 0.2) is 5.78 Å². The predicted octanol–water partition coefficient (Wildman–Crippen LogP) is 5.54. The maximum absolute atomic E-state index is 14.9. The highest BCUT2D eigenvalue weighted by Crippen LogP contribution is 2.27. The number of pyridine rings is 1. The van der Waals surface area contributed by atoms with Crippen LogP contribution in [-0.2, 0) is 16.0 Å². The molecule has 7 heteroatoms. The average molecular weight is 467 g/mol. The van der Waals surface area contributed by atoms with Gasteiger partial charge in [-0.25, -0.2) is 9.37 Å². The first kappa shape index (κ1) is 25.2. The van der Waals surface area contributed by atoms with Gasteiger partial charge in [-0.05, 0) is 48.2 Å². The number of hydrogen-bond acceptors (Lipinski definition) is 4. The van der Waals surface area contributed by atoms with Gasteiger partial charge in [-0.3, -0.25) is 9.59 Å². The van der Waals surface area contributed by atoms with E-state index in [-0.39, 0.29) is 36.8 Å². The first-order valence-corrected chi connectivity index (χ1v) is 11.2. The van der Waals surface area contributed by atoms with E-state index < -0.39 is 11.8 Å². The highest BCUT2D eigenvalue weighted by molar-refractivity contribution is 5.96. The van der Waals surface area contributed by atoms with Crippen molar-refractivity contribution in [3.63, 3.8) is 0 Å². The molecule has 3 rings (SSSR count). The van der Waals surface area contributed by atoms with Gasteiger partial charge in [0.25, 0.3) is 0 Å². The molecule has 0 aliphatic carbocycles. The Bertz CT molecular complexity index is 1160. The van der Waals surface area contributed by atoms with Gasteiger partial charge < -0.3 is 9.64 Å². The van der Waals surface area contributed by atoms with Crippen LogP contribution in [0.25, 0.3) is 11.1 Å². The van der Waals surface area contributed by atoms with E-state index in [4.69, 9.17) is 4.74 Å². The summed E-state index contributed by atoms with van der Waals surface area (Å²) in [6.07, 6.45) is 1.01. The van der Waals surface area contributed by atoms with Gasteiger partial charge in [-0.1, -0.05) is 43.3 Å². The minimum absolute atomic E-state index is 0.0383. The van der Waals surface area contributed by atoms with Crippen LogP contribution in [0.4, 0.5) is 14.5 Å². The molecule has 0 spiro atoms. The van der Waals surface area contributed by atoms with Crippen molar-refractivity contribution in [1.29, 1.82) is 0 Å². The Morgan fingerprint density at radius 1 is 1.00 bits per heavy atom. The molecule has 0 aliphatic rings. The van der Waals surface area contributed by atoms with Crippen LogP contribution in [0.1, 0.15) is 41.4 Å². The average Bonchev–Trinajstić information content (AvgIpc) is 2.84. The maximum Gasteiger partial charge on any atom is 0.226 e.